The van der Waals surface area contributed by atoms with Gasteiger partial charge in [-0.05, 0) is 43.4 Å². The molecular weight excluding hydrogens is 284 g/mol. The average molecular weight is 321 g/mol. The lowest BCUT2D eigenvalue weighted by Crippen LogP contribution is -2.19. The Labute approximate surface area is 142 Å². The predicted molar refractivity (Wildman–Crippen MR) is 97.2 cm³/mol. The second-order valence-corrected chi connectivity index (χ2v) is 8.09. The van der Waals surface area contributed by atoms with Crippen LogP contribution in [0.4, 0.5) is 0 Å². The summed E-state index contributed by atoms with van der Waals surface area (Å²) in [4.78, 5) is 0. The quantitative estimate of drug-likeness (QED) is 0.487. The molecule has 0 aromatic rings. The van der Waals surface area contributed by atoms with Gasteiger partial charge in [-0.25, -0.2) is 0 Å². The Morgan fingerprint density at radius 1 is 1.26 bits per heavy atom. The zero-order chi connectivity index (χ0) is 16.9. The van der Waals surface area contributed by atoms with Gasteiger partial charge < -0.3 is 10.2 Å². The molecule has 0 aliphatic heterocycles. The minimum atomic E-state index is -0.350. The Morgan fingerprint density at radius 2 is 2.04 bits per heavy atom. The van der Waals surface area contributed by atoms with Crippen molar-refractivity contribution in [3.8, 4) is 0 Å². The van der Waals surface area contributed by atoms with Gasteiger partial charge in [0.05, 0.1) is 12.2 Å². The number of hydrogen-bond donors (Lipinski definition) is 2. The molecule has 2 N–H and O–H groups in total. The minimum absolute atomic E-state index is 0.216. The Morgan fingerprint density at radius 3 is 2.74 bits per heavy atom. The summed E-state index contributed by atoms with van der Waals surface area (Å²) >= 11 is 0. The minimum Gasteiger partial charge on any atom is -0.392 e. The van der Waals surface area contributed by atoms with Crippen molar-refractivity contribution in [1.29, 1.82) is 0 Å². The molecule has 2 heteroatoms. The van der Waals surface area contributed by atoms with Crippen molar-refractivity contribution in [2.75, 3.05) is 0 Å². The smallest absolute Gasteiger partial charge is 0.0721 e. The monoisotopic (exact) mass is 320 g/mol. The number of rotatable bonds is 8. The molecule has 0 heterocycles. The van der Waals surface area contributed by atoms with E-state index in [1.165, 1.54) is 25.7 Å². The van der Waals surface area contributed by atoms with E-state index in [1.54, 1.807) is 5.57 Å². The molecule has 23 heavy (non-hydrogen) atoms. The van der Waals surface area contributed by atoms with Gasteiger partial charge in [-0.15, -0.1) is 0 Å². The van der Waals surface area contributed by atoms with E-state index in [0.717, 1.165) is 32.1 Å². The third-order valence-corrected chi connectivity index (χ3v) is 5.97. The maximum atomic E-state index is 10.5. The van der Waals surface area contributed by atoms with Crippen molar-refractivity contribution in [3.63, 3.8) is 0 Å². The first-order valence-electron chi connectivity index (χ1n) is 9.72. The fraction of sp³-hybridized carbons (Fsp3) is 0.810. The van der Waals surface area contributed by atoms with E-state index in [0.29, 0.717) is 5.92 Å². The second kappa shape index (κ2) is 8.48. The van der Waals surface area contributed by atoms with Crippen LogP contribution >= 0.6 is 0 Å². The molecule has 2 saturated carbocycles. The van der Waals surface area contributed by atoms with E-state index in [9.17, 15) is 10.2 Å². The molecule has 0 spiro atoms. The summed E-state index contributed by atoms with van der Waals surface area (Å²) in [5, 5.41) is 20.6. The summed E-state index contributed by atoms with van der Waals surface area (Å²) in [7, 11) is 0. The van der Waals surface area contributed by atoms with E-state index in [1.807, 2.05) is 6.08 Å². The van der Waals surface area contributed by atoms with Gasteiger partial charge in [-0.1, -0.05) is 70.3 Å². The topological polar surface area (TPSA) is 40.5 Å². The zero-order valence-corrected chi connectivity index (χ0v) is 15.3. The summed E-state index contributed by atoms with van der Waals surface area (Å²) in [5.74, 6) is 0.757. The van der Waals surface area contributed by atoms with E-state index < -0.39 is 0 Å². The first kappa shape index (κ1) is 18.7. The molecule has 2 nitrogen and oxygen atoms in total. The fourth-order valence-corrected chi connectivity index (χ4v) is 4.68. The summed E-state index contributed by atoms with van der Waals surface area (Å²) in [6.07, 6.45) is 15.8. The molecule has 2 aliphatic rings. The Bertz CT molecular complexity index is 426. The van der Waals surface area contributed by atoms with E-state index in [2.05, 4.69) is 32.9 Å². The van der Waals surface area contributed by atoms with Crippen LogP contribution < -0.4 is 0 Å². The summed E-state index contributed by atoms with van der Waals surface area (Å²) in [6.45, 7) is 6.75. The van der Waals surface area contributed by atoms with Crippen molar-refractivity contribution in [1.82, 2.24) is 0 Å². The summed E-state index contributed by atoms with van der Waals surface area (Å²) < 4.78 is 0. The van der Waals surface area contributed by atoms with E-state index in [4.69, 9.17) is 0 Å². The van der Waals surface area contributed by atoms with Gasteiger partial charge in [-0.3, -0.25) is 0 Å². The zero-order valence-electron chi connectivity index (χ0n) is 15.3. The van der Waals surface area contributed by atoms with Crippen LogP contribution in [0.1, 0.15) is 78.6 Å². The van der Waals surface area contributed by atoms with Crippen molar-refractivity contribution in [2.24, 2.45) is 17.3 Å². The normalized spacial score (nSPS) is 36.9. The highest BCUT2D eigenvalue weighted by Gasteiger charge is 2.52. The third-order valence-electron chi connectivity index (χ3n) is 5.97. The van der Waals surface area contributed by atoms with Gasteiger partial charge in [-0.2, -0.15) is 0 Å². The largest absolute Gasteiger partial charge is 0.392 e. The van der Waals surface area contributed by atoms with Crippen LogP contribution in [0, 0.1) is 17.3 Å². The number of aliphatic hydroxyl groups excluding tert-OH is 2. The lowest BCUT2D eigenvalue weighted by atomic mass is 9.80. The van der Waals surface area contributed by atoms with Crippen LogP contribution in [0.25, 0.3) is 0 Å². The van der Waals surface area contributed by atoms with Crippen molar-refractivity contribution in [3.05, 3.63) is 23.8 Å². The number of allylic oxidation sites excluding steroid dienone is 2. The average Bonchev–Trinajstić information content (AvgIpc) is 2.93. The number of fused-ring (bicyclic) bond motifs is 1. The van der Waals surface area contributed by atoms with E-state index in [-0.39, 0.29) is 23.5 Å². The first-order chi connectivity index (χ1) is 11.0. The molecule has 0 radical (unpaired) electrons. The predicted octanol–water partition coefficient (Wildman–Crippen LogP) is 5.01. The highest BCUT2D eigenvalue weighted by atomic mass is 16.3. The molecule has 5 atom stereocenters. The second-order valence-electron chi connectivity index (χ2n) is 8.09. The summed E-state index contributed by atoms with van der Waals surface area (Å²) in [5.41, 5.74) is 1.84. The van der Waals surface area contributed by atoms with Gasteiger partial charge in [0.15, 0.2) is 0 Å². The number of unbranched alkanes of at least 4 members (excludes halogenated alkanes) is 3. The molecule has 0 bridgehead atoms. The highest BCUT2D eigenvalue weighted by Crippen LogP contribution is 2.58. The molecule has 2 aliphatic carbocycles. The summed E-state index contributed by atoms with van der Waals surface area (Å²) in [6, 6.07) is 0. The van der Waals surface area contributed by atoms with Gasteiger partial charge in [0.1, 0.15) is 0 Å². The molecule has 2 fully saturated rings. The van der Waals surface area contributed by atoms with Gasteiger partial charge in [0, 0.05) is 5.92 Å². The van der Waals surface area contributed by atoms with Crippen molar-refractivity contribution in [2.45, 2.75) is 90.8 Å². The van der Waals surface area contributed by atoms with Crippen LogP contribution in [-0.4, -0.2) is 22.4 Å². The highest BCUT2D eigenvalue weighted by molar-refractivity contribution is 5.21. The lowest BCUT2D eigenvalue weighted by molar-refractivity contribution is 0.137. The standard InChI is InChI=1S/C21H36O2/c1-4-6-8-10-17(22)11-12-18-19-13-16(9-7-5-2)14-21(19,3)15-20(18)23/h9,11-12,17-20,22-23H,4-8,10,13-15H2,1-3H3/b12-11+,16-9-/t17-,18+,19+,20+,21-/m0/s1. The first-order valence-corrected chi connectivity index (χ1v) is 9.72. The fourth-order valence-electron chi connectivity index (χ4n) is 4.68. The molecule has 0 unspecified atom stereocenters. The Hall–Kier alpha value is -0.600. The van der Waals surface area contributed by atoms with Crippen LogP contribution in [0.5, 0.6) is 0 Å². The maximum Gasteiger partial charge on any atom is 0.0721 e. The number of hydrogen-bond acceptors (Lipinski definition) is 2. The van der Waals surface area contributed by atoms with Crippen LogP contribution in [0.15, 0.2) is 23.8 Å². The van der Waals surface area contributed by atoms with Gasteiger partial charge in [0.2, 0.25) is 0 Å². The molecular formula is C21H36O2. The molecule has 132 valence electrons. The van der Waals surface area contributed by atoms with Crippen LogP contribution in [0.2, 0.25) is 0 Å². The molecule has 0 saturated heterocycles. The Balaban J connectivity index is 1.96. The van der Waals surface area contributed by atoms with E-state index >= 15 is 0 Å². The van der Waals surface area contributed by atoms with Crippen molar-refractivity contribution >= 4 is 0 Å². The van der Waals surface area contributed by atoms with Gasteiger partial charge >= 0.3 is 0 Å². The molecule has 0 aromatic carbocycles. The van der Waals surface area contributed by atoms with Gasteiger partial charge in [0.25, 0.3) is 0 Å². The molecule has 2 rings (SSSR count). The van der Waals surface area contributed by atoms with Crippen molar-refractivity contribution < 1.29 is 10.2 Å². The van der Waals surface area contributed by atoms with Crippen LogP contribution in [-0.2, 0) is 0 Å². The maximum absolute atomic E-state index is 10.5. The number of aliphatic hydroxyl groups is 2. The molecule has 0 aromatic heterocycles. The Kier molecular flexibility index (Phi) is 6.91. The van der Waals surface area contributed by atoms with Crippen LogP contribution in [0.3, 0.4) is 0 Å². The molecule has 0 amide bonds. The third kappa shape index (κ3) is 4.70. The lowest BCUT2D eigenvalue weighted by Gasteiger charge is -2.24. The SMILES string of the molecule is CCC/C=C1/C[C@@H]2[C@@H](/C=C/[C@@H](O)CCCCC)[C@H](O)C[C@]2(C)C1.